The zero-order valence-electron chi connectivity index (χ0n) is 11.9. The Morgan fingerprint density at radius 2 is 1.91 bits per heavy atom. The number of carbonyl (C=O) groups excluding carboxylic acids is 1. The van der Waals surface area contributed by atoms with Gasteiger partial charge in [0.25, 0.3) is 0 Å². The van der Waals surface area contributed by atoms with Gasteiger partial charge in [-0.2, -0.15) is 0 Å². The number of anilines is 1. The highest BCUT2D eigenvalue weighted by atomic mass is 35.5. The van der Waals surface area contributed by atoms with Gasteiger partial charge in [-0.05, 0) is 38.0 Å². The van der Waals surface area contributed by atoms with Crippen LogP contribution >= 0.6 is 11.6 Å². The Morgan fingerprint density at radius 1 is 1.35 bits per heavy atom. The third-order valence-corrected chi connectivity index (χ3v) is 3.10. The van der Waals surface area contributed by atoms with E-state index in [1.165, 1.54) is 13.8 Å². The summed E-state index contributed by atoms with van der Waals surface area (Å²) >= 11 is 5.70. The van der Waals surface area contributed by atoms with Gasteiger partial charge >= 0.3 is 18.2 Å². The summed E-state index contributed by atoms with van der Waals surface area (Å²) < 4.78 is 40.3. The van der Waals surface area contributed by atoms with Gasteiger partial charge in [-0.1, -0.05) is 11.6 Å². The first kappa shape index (κ1) is 18.6. The van der Waals surface area contributed by atoms with Crippen molar-refractivity contribution in [3.05, 3.63) is 23.2 Å². The van der Waals surface area contributed by atoms with Gasteiger partial charge in [0.05, 0.1) is 5.02 Å². The van der Waals surface area contributed by atoms with Crippen molar-refractivity contribution in [1.82, 2.24) is 0 Å². The summed E-state index contributed by atoms with van der Waals surface area (Å²) in [6.45, 7) is 2.41. The quantitative estimate of drug-likeness (QED) is 0.848. The molecule has 0 aliphatic rings. The van der Waals surface area contributed by atoms with E-state index < -0.39 is 34.5 Å². The Morgan fingerprint density at radius 3 is 2.30 bits per heavy atom. The van der Waals surface area contributed by atoms with Crippen molar-refractivity contribution < 1.29 is 32.6 Å². The van der Waals surface area contributed by atoms with E-state index in [1.807, 2.05) is 0 Å². The fourth-order valence-corrected chi connectivity index (χ4v) is 1.90. The molecule has 0 heterocycles. The van der Waals surface area contributed by atoms with Crippen LogP contribution in [-0.2, 0) is 9.59 Å². The van der Waals surface area contributed by atoms with E-state index in [9.17, 15) is 27.9 Å². The van der Waals surface area contributed by atoms with Crippen molar-refractivity contribution in [2.75, 3.05) is 4.90 Å². The van der Waals surface area contributed by atoms with Crippen LogP contribution in [0.2, 0.25) is 5.02 Å². The van der Waals surface area contributed by atoms with Crippen molar-refractivity contribution in [3.63, 3.8) is 0 Å². The number of ether oxygens (including phenoxy) is 1. The Bertz CT molecular complexity index is 680. The zero-order valence-corrected chi connectivity index (χ0v) is 12.7. The number of nitrogens with zero attached hydrogens (tertiary/aromatic N) is 1. The number of alkyl halides is 3. The molecule has 1 amide bonds. The molecule has 1 rings (SSSR count). The fraction of sp³-hybridized carbons (Fsp3) is 0.286. The van der Waals surface area contributed by atoms with Gasteiger partial charge in [0.2, 0.25) is 0 Å². The smallest absolute Gasteiger partial charge is 0.480 e. The highest BCUT2D eigenvalue weighted by molar-refractivity contribution is 6.32. The van der Waals surface area contributed by atoms with Crippen molar-refractivity contribution in [1.29, 1.82) is 0 Å². The molecule has 124 valence electrons. The second-order valence-electron chi connectivity index (χ2n) is 4.81. The summed E-state index contributed by atoms with van der Waals surface area (Å²) in [6.07, 6.45) is 0.0731. The van der Waals surface area contributed by atoms with Crippen LogP contribution < -0.4 is 9.64 Å². The number of benzene rings is 1. The third-order valence-electron chi connectivity index (χ3n) is 2.81. The molecule has 0 saturated carbocycles. The molecule has 0 atom stereocenters. The number of carboxylic acid groups (broad SMARTS) is 1. The van der Waals surface area contributed by atoms with Gasteiger partial charge in [-0.15, -0.1) is 19.6 Å². The molecule has 0 aliphatic carbocycles. The number of terminal acetylenes is 1. The number of carboxylic acids is 1. The number of halogens is 4. The van der Waals surface area contributed by atoms with E-state index in [-0.39, 0.29) is 5.69 Å². The van der Waals surface area contributed by atoms with Crippen LogP contribution in [0.25, 0.3) is 0 Å². The van der Waals surface area contributed by atoms with Gasteiger partial charge in [-0.25, -0.2) is 4.79 Å². The average Bonchev–Trinajstić information content (AvgIpc) is 2.40. The van der Waals surface area contributed by atoms with E-state index in [0.717, 1.165) is 23.1 Å². The Kier molecular flexibility index (Phi) is 5.17. The predicted octanol–water partition coefficient (Wildman–Crippen LogP) is 3.07. The highest BCUT2D eigenvalue weighted by Crippen LogP contribution is 2.35. The number of hydrogen-bond acceptors (Lipinski definition) is 3. The number of aliphatic carboxylic acids is 1. The molecule has 0 spiro atoms. The molecule has 0 radical (unpaired) electrons. The maximum Gasteiger partial charge on any atom is 0.573 e. The molecule has 0 aromatic heterocycles. The molecule has 1 N–H and O–H groups in total. The molecule has 1 aromatic rings. The number of rotatable bonds is 4. The van der Waals surface area contributed by atoms with Crippen LogP contribution in [0.3, 0.4) is 0 Å². The SMILES string of the molecule is C#CC(=O)N(c1ccc(OC(F)(F)F)c(Cl)c1)C(C)(C)C(=O)O. The van der Waals surface area contributed by atoms with Crippen molar-refractivity contribution in [2.45, 2.75) is 25.7 Å². The largest absolute Gasteiger partial charge is 0.573 e. The normalized spacial score (nSPS) is 11.5. The van der Waals surface area contributed by atoms with Gasteiger partial charge in [0.1, 0.15) is 11.3 Å². The topological polar surface area (TPSA) is 66.8 Å². The molecular formula is C14H11ClF3NO4. The summed E-state index contributed by atoms with van der Waals surface area (Å²) in [4.78, 5) is 23.9. The molecule has 0 saturated heterocycles. The second kappa shape index (κ2) is 6.38. The van der Waals surface area contributed by atoms with Crippen LogP contribution in [0, 0.1) is 12.3 Å². The van der Waals surface area contributed by atoms with E-state index in [1.54, 1.807) is 5.92 Å². The third kappa shape index (κ3) is 4.29. The standard InChI is InChI=1S/C14H11ClF3NO4/c1-4-11(20)19(13(2,3)12(21)22)8-5-6-10(9(15)7-8)23-14(16,17)18/h1,5-7H,2-3H3,(H,21,22). The summed E-state index contributed by atoms with van der Waals surface area (Å²) in [5.41, 5.74) is -1.83. The minimum atomic E-state index is -4.94. The average molecular weight is 350 g/mol. The lowest BCUT2D eigenvalue weighted by molar-refractivity contribution is -0.274. The first-order valence-corrected chi connectivity index (χ1v) is 6.37. The monoisotopic (exact) mass is 349 g/mol. The maximum absolute atomic E-state index is 12.2. The van der Waals surface area contributed by atoms with Crippen LogP contribution in [-0.4, -0.2) is 28.9 Å². The Labute approximate surface area is 134 Å². The highest BCUT2D eigenvalue weighted by Gasteiger charge is 2.39. The Balaban J connectivity index is 3.35. The lowest BCUT2D eigenvalue weighted by atomic mass is 10.0. The Hall–Kier alpha value is -2.40. The zero-order chi connectivity index (χ0) is 18.0. The first-order valence-electron chi connectivity index (χ1n) is 5.99. The molecule has 5 nitrogen and oxygen atoms in total. The molecular weight excluding hydrogens is 339 g/mol. The van der Waals surface area contributed by atoms with E-state index in [4.69, 9.17) is 18.0 Å². The molecule has 0 bridgehead atoms. The fourth-order valence-electron chi connectivity index (χ4n) is 1.69. The molecule has 9 heteroatoms. The molecule has 23 heavy (non-hydrogen) atoms. The van der Waals surface area contributed by atoms with E-state index in [0.29, 0.717) is 0 Å². The van der Waals surface area contributed by atoms with Crippen LogP contribution in [0.4, 0.5) is 18.9 Å². The van der Waals surface area contributed by atoms with Crippen molar-refractivity contribution in [3.8, 4) is 18.1 Å². The lowest BCUT2D eigenvalue weighted by Gasteiger charge is -2.33. The van der Waals surface area contributed by atoms with Crippen LogP contribution in [0.15, 0.2) is 18.2 Å². The summed E-state index contributed by atoms with van der Waals surface area (Å²) in [6, 6.07) is 2.87. The second-order valence-corrected chi connectivity index (χ2v) is 5.22. The minimum absolute atomic E-state index is 0.0834. The summed E-state index contributed by atoms with van der Waals surface area (Å²) in [7, 11) is 0. The van der Waals surface area contributed by atoms with Crippen LogP contribution in [0.1, 0.15) is 13.8 Å². The van der Waals surface area contributed by atoms with Gasteiger partial charge in [0, 0.05) is 5.69 Å². The molecule has 0 fully saturated rings. The lowest BCUT2D eigenvalue weighted by Crippen LogP contribution is -2.53. The molecule has 0 aliphatic heterocycles. The molecule has 0 unspecified atom stereocenters. The first-order chi connectivity index (χ1) is 10.4. The van der Waals surface area contributed by atoms with Crippen molar-refractivity contribution in [2.24, 2.45) is 0 Å². The molecule has 1 aromatic carbocycles. The van der Waals surface area contributed by atoms with Crippen molar-refractivity contribution >= 4 is 29.2 Å². The number of carbonyl (C=O) groups is 2. The van der Waals surface area contributed by atoms with E-state index in [2.05, 4.69) is 4.74 Å². The van der Waals surface area contributed by atoms with Crippen LogP contribution in [0.5, 0.6) is 5.75 Å². The van der Waals surface area contributed by atoms with E-state index >= 15 is 0 Å². The minimum Gasteiger partial charge on any atom is -0.480 e. The summed E-state index contributed by atoms with van der Waals surface area (Å²) in [5.74, 6) is -1.28. The van der Waals surface area contributed by atoms with Gasteiger partial charge in [-0.3, -0.25) is 9.69 Å². The number of amides is 1. The summed E-state index contributed by atoms with van der Waals surface area (Å²) in [5, 5.41) is 8.76. The number of hydrogen-bond donors (Lipinski definition) is 1. The maximum atomic E-state index is 12.2. The van der Waals surface area contributed by atoms with Gasteiger partial charge in [0.15, 0.2) is 0 Å². The predicted molar refractivity (Wildman–Crippen MR) is 76.2 cm³/mol. The van der Waals surface area contributed by atoms with Gasteiger partial charge < -0.3 is 9.84 Å².